The van der Waals surface area contributed by atoms with E-state index >= 15 is 0 Å². The van der Waals surface area contributed by atoms with E-state index < -0.39 is 4.92 Å². The number of hydrogen-bond acceptors (Lipinski definition) is 4. The van der Waals surface area contributed by atoms with Crippen molar-refractivity contribution in [3.05, 3.63) is 76.9 Å². The van der Waals surface area contributed by atoms with Gasteiger partial charge in [-0.05, 0) is 23.8 Å². The fraction of sp³-hybridized carbons (Fsp3) is 0.125. The Balaban J connectivity index is 1.63. The minimum atomic E-state index is -0.547. The number of aromatic nitrogens is 3. The molecule has 0 saturated heterocycles. The molecular weight excluding hydrogens is 310 g/mol. The maximum absolute atomic E-state index is 12.0. The molecule has 8 heteroatoms. The molecule has 0 bridgehead atoms. The van der Waals surface area contributed by atoms with Gasteiger partial charge in [0.2, 0.25) is 5.91 Å². The summed E-state index contributed by atoms with van der Waals surface area (Å²) in [5.41, 5.74) is 1.81. The maximum Gasteiger partial charge on any atom is 0.307 e. The van der Waals surface area contributed by atoms with Crippen LogP contribution in [0, 0.1) is 10.1 Å². The Bertz CT molecular complexity index is 854. The van der Waals surface area contributed by atoms with Crippen molar-refractivity contribution in [3.63, 3.8) is 0 Å². The van der Waals surface area contributed by atoms with Crippen molar-refractivity contribution in [2.24, 2.45) is 0 Å². The van der Waals surface area contributed by atoms with Crippen LogP contribution in [-0.4, -0.2) is 25.2 Å². The van der Waals surface area contributed by atoms with Gasteiger partial charge >= 0.3 is 5.69 Å². The fourth-order valence-electron chi connectivity index (χ4n) is 2.34. The molecule has 24 heavy (non-hydrogen) atoms. The molecule has 0 spiro atoms. The van der Waals surface area contributed by atoms with Crippen LogP contribution in [0.2, 0.25) is 0 Å². The number of nitrogens with one attached hydrogen (secondary N) is 1. The number of hydrogen-bond donors (Lipinski definition) is 1. The van der Waals surface area contributed by atoms with Crippen molar-refractivity contribution in [3.8, 4) is 5.69 Å². The molecule has 2 aromatic heterocycles. The smallest absolute Gasteiger partial charge is 0.307 e. The average Bonchev–Trinajstić information content (AvgIpc) is 3.25. The highest BCUT2D eigenvalue weighted by Crippen LogP contribution is 2.14. The highest BCUT2D eigenvalue weighted by atomic mass is 16.6. The maximum atomic E-state index is 12.0. The predicted molar refractivity (Wildman–Crippen MR) is 86.5 cm³/mol. The van der Waals surface area contributed by atoms with Gasteiger partial charge in [-0.25, -0.2) is 0 Å². The van der Waals surface area contributed by atoms with Crippen molar-refractivity contribution in [2.45, 2.75) is 13.1 Å². The van der Waals surface area contributed by atoms with Gasteiger partial charge in [0, 0.05) is 24.6 Å². The van der Waals surface area contributed by atoms with E-state index in [2.05, 4.69) is 10.4 Å². The first kappa shape index (κ1) is 15.5. The summed E-state index contributed by atoms with van der Waals surface area (Å²) < 4.78 is 3.21. The molecule has 0 aliphatic rings. The highest BCUT2D eigenvalue weighted by molar-refractivity contribution is 5.75. The minimum absolute atomic E-state index is 0.0699. The lowest BCUT2D eigenvalue weighted by Gasteiger charge is -2.11. The zero-order chi connectivity index (χ0) is 16.9. The molecule has 0 radical (unpaired) electrons. The van der Waals surface area contributed by atoms with E-state index in [1.54, 1.807) is 0 Å². The monoisotopic (exact) mass is 325 g/mol. The van der Waals surface area contributed by atoms with E-state index in [9.17, 15) is 14.9 Å². The minimum Gasteiger partial charge on any atom is -0.350 e. The number of carbonyl (C=O) groups excluding carboxylic acids is 1. The first-order valence-corrected chi connectivity index (χ1v) is 7.28. The number of para-hydroxylation sites is 1. The Kier molecular flexibility index (Phi) is 4.37. The molecule has 1 amide bonds. The Labute approximate surface area is 137 Å². The van der Waals surface area contributed by atoms with Gasteiger partial charge in [0.25, 0.3) is 0 Å². The Hall–Kier alpha value is -3.42. The number of amides is 1. The molecule has 1 N–H and O–H groups in total. The van der Waals surface area contributed by atoms with E-state index in [-0.39, 0.29) is 18.1 Å². The normalized spacial score (nSPS) is 10.5. The van der Waals surface area contributed by atoms with E-state index in [0.29, 0.717) is 6.54 Å². The van der Waals surface area contributed by atoms with Crippen molar-refractivity contribution in [1.29, 1.82) is 0 Å². The summed E-state index contributed by atoms with van der Waals surface area (Å²) in [5, 5.41) is 17.2. The second-order valence-corrected chi connectivity index (χ2v) is 5.15. The number of nitrogens with zero attached hydrogens (tertiary/aromatic N) is 4. The largest absolute Gasteiger partial charge is 0.350 e. The Morgan fingerprint density at radius 2 is 1.96 bits per heavy atom. The van der Waals surface area contributed by atoms with Crippen LogP contribution in [0.4, 0.5) is 5.69 Å². The van der Waals surface area contributed by atoms with Crippen molar-refractivity contribution in [1.82, 2.24) is 19.7 Å². The molecule has 0 saturated carbocycles. The third-order valence-electron chi connectivity index (χ3n) is 3.49. The van der Waals surface area contributed by atoms with Gasteiger partial charge in [0.05, 0.1) is 4.92 Å². The van der Waals surface area contributed by atoms with Crippen LogP contribution in [0.25, 0.3) is 5.69 Å². The molecule has 2 heterocycles. The van der Waals surface area contributed by atoms with Gasteiger partial charge in [-0.3, -0.25) is 19.6 Å². The summed E-state index contributed by atoms with van der Waals surface area (Å²) in [7, 11) is 0. The molecular formula is C16H15N5O3. The third kappa shape index (κ3) is 3.49. The van der Waals surface area contributed by atoms with Crippen LogP contribution in [0.1, 0.15) is 5.56 Å². The van der Waals surface area contributed by atoms with Crippen LogP contribution >= 0.6 is 0 Å². The first-order chi connectivity index (χ1) is 11.6. The molecule has 0 atom stereocenters. The van der Waals surface area contributed by atoms with Crippen LogP contribution < -0.4 is 5.32 Å². The lowest BCUT2D eigenvalue weighted by atomic mass is 10.1. The summed E-state index contributed by atoms with van der Waals surface area (Å²) in [6.07, 6.45) is 6.22. The standard InChI is InChI=1S/C16H15N5O3/c22-16(12-20-11-14(10-18-20)21(23)24)17-9-13-5-1-2-6-15(13)19-7-3-4-8-19/h1-8,10-11H,9,12H2,(H,17,22). The lowest BCUT2D eigenvalue weighted by molar-refractivity contribution is -0.385. The summed E-state index contributed by atoms with van der Waals surface area (Å²) in [4.78, 5) is 22.1. The van der Waals surface area contributed by atoms with Crippen molar-refractivity contribution in [2.75, 3.05) is 0 Å². The molecule has 0 aliphatic heterocycles. The van der Waals surface area contributed by atoms with Crippen LogP contribution in [0.15, 0.2) is 61.2 Å². The summed E-state index contributed by atoms with van der Waals surface area (Å²) in [6, 6.07) is 11.6. The molecule has 3 rings (SSSR count). The van der Waals surface area contributed by atoms with Gasteiger partial charge < -0.3 is 9.88 Å². The second kappa shape index (κ2) is 6.78. The molecule has 0 aliphatic carbocycles. The third-order valence-corrected chi connectivity index (χ3v) is 3.49. The average molecular weight is 325 g/mol. The topological polar surface area (TPSA) is 95.0 Å². The second-order valence-electron chi connectivity index (χ2n) is 5.15. The van der Waals surface area contributed by atoms with Crippen LogP contribution in [0.3, 0.4) is 0 Å². The van der Waals surface area contributed by atoms with Crippen LogP contribution in [0.5, 0.6) is 0 Å². The van der Waals surface area contributed by atoms with E-state index in [1.807, 2.05) is 53.4 Å². The van der Waals surface area contributed by atoms with Crippen LogP contribution in [-0.2, 0) is 17.9 Å². The predicted octanol–water partition coefficient (Wildman–Crippen LogP) is 1.90. The van der Waals surface area contributed by atoms with Crippen molar-refractivity contribution < 1.29 is 9.72 Å². The quantitative estimate of drug-likeness (QED) is 0.553. The molecule has 0 unspecified atom stereocenters. The SMILES string of the molecule is O=C(Cn1cc([N+](=O)[O-])cn1)NCc1ccccc1-n1cccc1. The molecule has 122 valence electrons. The summed E-state index contributed by atoms with van der Waals surface area (Å²) >= 11 is 0. The first-order valence-electron chi connectivity index (χ1n) is 7.28. The van der Waals surface area contributed by atoms with Gasteiger partial charge in [0.15, 0.2) is 0 Å². The lowest BCUT2D eigenvalue weighted by Crippen LogP contribution is -2.27. The fourth-order valence-corrected chi connectivity index (χ4v) is 2.34. The number of nitro groups is 1. The summed E-state index contributed by atoms with van der Waals surface area (Å²) in [5.74, 6) is -0.268. The Morgan fingerprint density at radius 3 is 2.67 bits per heavy atom. The van der Waals surface area contributed by atoms with Gasteiger partial charge in [-0.1, -0.05) is 18.2 Å². The molecule has 8 nitrogen and oxygen atoms in total. The van der Waals surface area contributed by atoms with Gasteiger partial charge in [-0.2, -0.15) is 5.10 Å². The number of rotatable bonds is 6. The number of benzene rings is 1. The summed E-state index contributed by atoms with van der Waals surface area (Å²) in [6.45, 7) is 0.288. The molecule has 1 aromatic carbocycles. The Morgan fingerprint density at radius 1 is 1.21 bits per heavy atom. The highest BCUT2D eigenvalue weighted by Gasteiger charge is 2.11. The van der Waals surface area contributed by atoms with Crippen molar-refractivity contribution >= 4 is 11.6 Å². The molecule has 0 fully saturated rings. The zero-order valence-electron chi connectivity index (χ0n) is 12.7. The zero-order valence-corrected chi connectivity index (χ0v) is 12.7. The van der Waals surface area contributed by atoms with E-state index in [1.165, 1.54) is 10.9 Å². The van der Waals surface area contributed by atoms with E-state index in [4.69, 9.17) is 0 Å². The van der Waals surface area contributed by atoms with Gasteiger partial charge in [0.1, 0.15) is 18.9 Å². The van der Waals surface area contributed by atoms with Gasteiger partial charge in [-0.15, -0.1) is 0 Å². The van der Waals surface area contributed by atoms with E-state index in [0.717, 1.165) is 17.4 Å². The number of carbonyl (C=O) groups is 1. The molecule has 3 aromatic rings.